The van der Waals surface area contributed by atoms with E-state index in [0.717, 1.165) is 23.3 Å². The number of rotatable bonds is 7. The number of benzene rings is 3. The molecule has 0 aliphatic heterocycles. The number of anilines is 1. The van der Waals surface area contributed by atoms with Gasteiger partial charge in [0.1, 0.15) is 11.6 Å². The number of nitrogens with one attached hydrogen (secondary N) is 1. The Kier molecular flexibility index (Phi) is 6.28. The van der Waals surface area contributed by atoms with E-state index < -0.39 is 11.6 Å². The molecule has 0 saturated heterocycles. The quantitative estimate of drug-likeness (QED) is 0.662. The van der Waals surface area contributed by atoms with E-state index in [4.69, 9.17) is 0 Å². The summed E-state index contributed by atoms with van der Waals surface area (Å²) in [6.07, 6.45) is 0. The molecule has 0 unspecified atom stereocenters. The largest absolute Gasteiger partial charge is 0.322 e. The van der Waals surface area contributed by atoms with Gasteiger partial charge in [-0.25, -0.2) is 8.78 Å². The van der Waals surface area contributed by atoms with E-state index in [1.165, 1.54) is 6.07 Å². The number of hydrogen-bond acceptors (Lipinski definition) is 2. The average Bonchev–Trinajstić information content (AvgIpc) is 2.66. The minimum atomic E-state index is -0.791. The third kappa shape index (κ3) is 5.72. The first-order valence-corrected chi connectivity index (χ1v) is 8.65. The molecular weight excluding hydrogens is 346 g/mol. The van der Waals surface area contributed by atoms with Crippen LogP contribution in [0.1, 0.15) is 11.1 Å². The lowest BCUT2D eigenvalue weighted by atomic mass is 10.1. The monoisotopic (exact) mass is 366 g/mol. The maximum atomic E-state index is 13.8. The molecule has 0 bridgehead atoms. The maximum Gasteiger partial charge on any atom is 0.238 e. The Balaban J connectivity index is 1.70. The normalized spacial score (nSPS) is 10.8. The highest BCUT2D eigenvalue weighted by Crippen LogP contribution is 2.16. The summed E-state index contributed by atoms with van der Waals surface area (Å²) in [7, 11) is 0. The zero-order valence-electron chi connectivity index (χ0n) is 14.7. The van der Waals surface area contributed by atoms with Crippen molar-refractivity contribution in [2.75, 3.05) is 11.9 Å². The van der Waals surface area contributed by atoms with E-state index in [2.05, 4.69) is 5.32 Å². The molecule has 3 rings (SSSR count). The highest BCUT2D eigenvalue weighted by atomic mass is 19.1. The van der Waals surface area contributed by atoms with Crippen molar-refractivity contribution in [3.63, 3.8) is 0 Å². The lowest BCUT2D eigenvalue weighted by molar-refractivity contribution is -0.117. The molecule has 1 amide bonds. The Morgan fingerprint density at radius 3 is 1.89 bits per heavy atom. The second-order valence-electron chi connectivity index (χ2n) is 6.29. The van der Waals surface area contributed by atoms with Crippen LogP contribution in [0.3, 0.4) is 0 Å². The predicted octanol–water partition coefficient (Wildman–Crippen LogP) is 4.61. The molecule has 3 nitrogen and oxygen atoms in total. The van der Waals surface area contributed by atoms with Gasteiger partial charge in [-0.15, -0.1) is 0 Å². The number of carbonyl (C=O) groups is 1. The average molecular weight is 366 g/mol. The van der Waals surface area contributed by atoms with Crippen LogP contribution in [0.5, 0.6) is 0 Å². The van der Waals surface area contributed by atoms with Crippen molar-refractivity contribution in [1.82, 2.24) is 4.90 Å². The van der Waals surface area contributed by atoms with Crippen LogP contribution in [0.15, 0.2) is 78.9 Å². The fourth-order valence-corrected chi connectivity index (χ4v) is 2.83. The van der Waals surface area contributed by atoms with E-state index in [9.17, 15) is 13.6 Å². The lowest BCUT2D eigenvalue weighted by Crippen LogP contribution is -2.32. The summed E-state index contributed by atoms with van der Waals surface area (Å²) in [5.41, 5.74) is 2.13. The van der Waals surface area contributed by atoms with E-state index >= 15 is 0 Å². The minimum absolute atomic E-state index is 0.0271. The third-order valence-corrected chi connectivity index (χ3v) is 4.07. The fraction of sp³-hybridized carbons (Fsp3) is 0.136. The van der Waals surface area contributed by atoms with Crippen molar-refractivity contribution in [3.05, 3.63) is 102 Å². The lowest BCUT2D eigenvalue weighted by Gasteiger charge is -2.22. The van der Waals surface area contributed by atoms with Gasteiger partial charge < -0.3 is 5.32 Å². The van der Waals surface area contributed by atoms with Crippen molar-refractivity contribution in [3.8, 4) is 0 Å². The summed E-state index contributed by atoms with van der Waals surface area (Å²) in [5, 5.41) is 2.52. The molecule has 138 valence electrons. The minimum Gasteiger partial charge on any atom is -0.322 e. The Morgan fingerprint density at radius 2 is 1.37 bits per heavy atom. The topological polar surface area (TPSA) is 32.3 Å². The van der Waals surface area contributed by atoms with Crippen molar-refractivity contribution in [1.29, 1.82) is 0 Å². The number of halogens is 2. The first-order chi connectivity index (χ1) is 13.1. The van der Waals surface area contributed by atoms with Gasteiger partial charge in [-0.2, -0.15) is 0 Å². The molecule has 3 aromatic carbocycles. The molecule has 1 N–H and O–H groups in total. The standard InChI is InChI=1S/C22H20F2N2O/c23-19-11-12-21(20(24)13-19)25-22(27)16-26(14-17-7-3-1-4-8-17)15-18-9-5-2-6-10-18/h1-13H,14-16H2,(H,25,27). The molecule has 0 atom stereocenters. The number of nitrogens with zero attached hydrogens (tertiary/aromatic N) is 1. The van der Waals surface area contributed by atoms with Crippen LogP contribution in [0, 0.1) is 11.6 Å². The van der Waals surface area contributed by atoms with Gasteiger partial charge in [-0.3, -0.25) is 9.69 Å². The van der Waals surface area contributed by atoms with E-state index in [-0.39, 0.29) is 18.1 Å². The fourth-order valence-electron chi connectivity index (χ4n) is 2.83. The predicted molar refractivity (Wildman–Crippen MR) is 102 cm³/mol. The Bertz CT molecular complexity index is 844. The molecule has 5 heteroatoms. The summed E-state index contributed by atoms with van der Waals surface area (Å²) < 4.78 is 26.8. The van der Waals surface area contributed by atoms with Gasteiger partial charge in [0.15, 0.2) is 0 Å². The molecule has 27 heavy (non-hydrogen) atoms. The molecule has 0 radical (unpaired) electrons. The van der Waals surface area contributed by atoms with E-state index in [1.54, 1.807) is 0 Å². The number of amides is 1. The van der Waals surface area contributed by atoms with Crippen LogP contribution < -0.4 is 5.32 Å². The second-order valence-corrected chi connectivity index (χ2v) is 6.29. The first kappa shape index (κ1) is 18.7. The second kappa shape index (κ2) is 9.05. The van der Waals surface area contributed by atoms with Crippen LogP contribution in [-0.4, -0.2) is 17.4 Å². The molecule has 0 aromatic heterocycles. The van der Waals surface area contributed by atoms with Crippen LogP contribution in [0.25, 0.3) is 0 Å². The zero-order valence-corrected chi connectivity index (χ0v) is 14.7. The van der Waals surface area contributed by atoms with E-state index in [1.807, 2.05) is 65.6 Å². The van der Waals surface area contributed by atoms with Gasteiger partial charge in [0, 0.05) is 19.2 Å². The highest BCUT2D eigenvalue weighted by molar-refractivity contribution is 5.92. The van der Waals surface area contributed by atoms with Crippen molar-refractivity contribution >= 4 is 11.6 Å². The van der Waals surface area contributed by atoms with Crippen LogP contribution in [0.4, 0.5) is 14.5 Å². The van der Waals surface area contributed by atoms with Crippen LogP contribution in [-0.2, 0) is 17.9 Å². The van der Waals surface area contributed by atoms with Gasteiger partial charge in [-0.1, -0.05) is 60.7 Å². The van der Waals surface area contributed by atoms with Crippen LogP contribution >= 0.6 is 0 Å². The molecule has 0 spiro atoms. The SMILES string of the molecule is O=C(CN(Cc1ccccc1)Cc1ccccc1)Nc1ccc(F)cc1F. The molecule has 0 heterocycles. The van der Waals surface area contributed by atoms with Crippen molar-refractivity contribution in [2.24, 2.45) is 0 Å². The highest BCUT2D eigenvalue weighted by Gasteiger charge is 2.14. The molecular formula is C22H20F2N2O. The van der Waals surface area contributed by atoms with Crippen molar-refractivity contribution < 1.29 is 13.6 Å². The van der Waals surface area contributed by atoms with Gasteiger partial charge >= 0.3 is 0 Å². The summed E-state index contributed by atoms with van der Waals surface area (Å²) in [4.78, 5) is 14.4. The Labute approximate surface area is 157 Å². The Hall–Kier alpha value is -3.05. The summed E-state index contributed by atoms with van der Waals surface area (Å²) >= 11 is 0. The number of hydrogen-bond donors (Lipinski definition) is 1. The molecule has 0 aliphatic carbocycles. The molecule has 0 saturated carbocycles. The molecule has 3 aromatic rings. The first-order valence-electron chi connectivity index (χ1n) is 8.65. The van der Waals surface area contributed by atoms with E-state index in [0.29, 0.717) is 13.1 Å². The number of carbonyl (C=O) groups excluding carboxylic acids is 1. The smallest absolute Gasteiger partial charge is 0.238 e. The summed E-state index contributed by atoms with van der Waals surface area (Å²) in [6.45, 7) is 1.24. The van der Waals surface area contributed by atoms with Crippen LogP contribution in [0.2, 0.25) is 0 Å². The van der Waals surface area contributed by atoms with Gasteiger partial charge in [0.05, 0.1) is 12.2 Å². The van der Waals surface area contributed by atoms with Gasteiger partial charge in [0.2, 0.25) is 5.91 Å². The Morgan fingerprint density at radius 1 is 0.815 bits per heavy atom. The van der Waals surface area contributed by atoms with Gasteiger partial charge in [-0.05, 0) is 23.3 Å². The van der Waals surface area contributed by atoms with Gasteiger partial charge in [0.25, 0.3) is 0 Å². The zero-order chi connectivity index (χ0) is 19.1. The summed E-state index contributed by atoms with van der Waals surface area (Å²) in [5.74, 6) is -1.83. The summed E-state index contributed by atoms with van der Waals surface area (Å²) in [6, 6.07) is 22.7. The maximum absolute atomic E-state index is 13.8. The van der Waals surface area contributed by atoms with Crippen molar-refractivity contribution in [2.45, 2.75) is 13.1 Å². The molecule has 0 fully saturated rings. The molecule has 0 aliphatic rings. The third-order valence-electron chi connectivity index (χ3n) is 4.07.